The summed E-state index contributed by atoms with van der Waals surface area (Å²) in [5, 5.41) is 9.13. The molecule has 0 radical (unpaired) electrons. The number of aromatic nitrogens is 2. The van der Waals surface area contributed by atoms with Crippen molar-refractivity contribution in [3.8, 4) is 11.3 Å². The highest BCUT2D eigenvalue weighted by Crippen LogP contribution is 2.26. The summed E-state index contributed by atoms with van der Waals surface area (Å²) in [5.41, 5.74) is 1.12. The van der Waals surface area contributed by atoms with Crippen LogP contribution >= 0.6 is 0 Å². The summed E-state index contributed by atoms with van der Waals surface area (Å²) in [6.07, 6.45) is 1.49. The molecular weight excluding hydrogens is 235 g/mol. The van der Waals surface area contributed by atoms with Crippen LogP contribution < -0.4 is 0 Å². The summed E-state index contributed by atoms with van der Waals surface area (Å²) >= 11 is 0. The van der Waals surface area contributed by atoms with Crippen LogP contribution in [0.25, 0.3) is 11.3 Å². The predicted molar refractivity (Wildman–Crippen MR) is 65.0 cm³/mol. The zero-order valence-electron chi connectivity index (χ0n) is 10.1. The molecule has 18 heavy (non-hydrogen) atoms. The molecule has 4 nitrogen and oxygen atoms in total. The monoisotopic (exact) mass is 248 g/mol. The average Bonchev–Trinajstić information content (AvgIpc) is 2.74. The molecule has 1 heterocycles. The highest BCUT2D eigenvalue weighted by atomic mass is 19.1. The number of hydrogen-bond acceptors (Lipinski definition) is 2. The van der Waals surface area contributed by atoms with E-state index < -0.39 is 5.97 Å². The van der Waals surface area contributed by atoms with Gasteiger partial charge in [-0.15, -0.1) is 0 Å². The first-order chi connectivity index (χ1) is 8.50. The van der Waals surface area contributed by atoms with Gasteiger partial charge < -0.3 is 9.67 Å². The molecule has 0 atom stereocenters. The van der Waals surface area contributed by atoms with Gasteiger partial charge in [0.2, 0.25) is 0 Å². The third kappa shape index (κ3) is 2.11. The van der Waals surface area contributed by atoms with Gasteiger partial charge in [0, 0.05) is 11.6 Å². The van der Waals surface area contributed by atoms with Crippen molar-refractivity contribution in [2.24, 2.45) is 0 Å². The van der Waals surface area contributed by atoms with Crippen LogP contribution in [0.4, 0.5) is 4.39 Å². The Labute approximate surface area is 104 Å². The van der Waals surface area contributed by atoms with Gasteiger partial charge in [-0.05, 0) is 38.1 Å². The van der Waals surface area contributed by atoms with E-state index in [2.05, 4.69) is 4.98 Å². The SMILES string of the molecule is CC(C)n1cnc(C(=O)O)c1-c1ccc(F)cc1. The predicted octanol–water partition coefficient (Wildman–Crippen LogP) is 2.97. The van der Waals surface area contributed by atoms with Gasteiger partial charge in [0.25, 0.3) is 0 Å². The van der Waals surface area contributed by atoms with Gasteiger partial charge >= 0.3 is 5.97 Å². The van der Waals surface area contributed by atoms with Crippen molar-refractivity contribution in [2.75, 3.05) is 0 Å². The number of carboxylic acid groups (broad SMARTS) is 1. The molecule has 1 aromatic carbocycles. The smallest absolute Gasteiger partial charge is 0.356 e. The Kier molecular flexibility index (Phi) is 3.14. The quantitative estimate of drug-likeness (QED) is 0.908. The zero-order valence-corrected chi connectivity index (χ0v) is 10.1. The lowest BCUT2D eigenvalue weighted by atomic mass is 10.1. The van der Waals surface area contributed by atoms with Gasteiger partial charge in [0.15, 0.2) is 5.69 Å². The number of nitrogens with zero attached hydrogens (tertiary/aromatic N) is 2. The molecule has 0 saturated heterocycles. The van der Waals surface area contributed by atoms with Crippen LogP contribution in [-0.4, -0.2) is 20.6 Å². The Morgan fingerprint density at radius 1 is 1.33 bits per heavy atom. The summed E-state index contributed by atoms with van der Waals surface area (Å²) in [5.74, 6) is -1.44. The highest BCUT2D eigenvalue weighted by Gasteiger charge is 2.19. The van der Waals surface area contributed by atoms with Crippen LogP contribution in [0, 0.1) is 5.82 Å². The van der Waals surface area contributed by atoms with E-state index in [0.717, 1.165) is 0 Å². The number of benzene rings is 1. The lowest BCUT2D eigenvalue weighted by Gasteiger charge is -2.12. The normalized spacial score (nSPS) is 10.9. The summed E-state index contributed by atoms with van der Waals surface area (Å²) in [6.45, 7) is 3.86. The van der Waals surface area contributed by atoms with Gasteiger partial charge in [0.05, 0.1) is 12.0 Å². The van der Waals surface area contributed by atoms with Gasteiger partial charge in [-0.1, -0.05) is 0 Å². The number of rotatable bonds is 3. The number of halogens is 1. The number of hydrogen-bond donors (Lipinski definition) is 1. The average molecular weight is 248 g/mol. The fourth-order valence-corrected chi connectivity index (χ4v) is 1.80. The minimum Gasteiger partial charge on any atom is -0.476 e. The van der Waals surface area contributed by atoms with Crippen molar-refractivity contribution in [3.63, 3.8) is 0 Å². The Balaban J connectivity index is 2.63. The minimum absolute atomic E-state index is 0.0182. The van der Waals surface area contributed by atoms with Crippen LogP contribution in [-0.2, 0) is 0 Å². The molecule has 2 rings (SSSR count). The molecule has 0 spiro atoms. The molecule has 1 N–H and O–H groups in total. The first-order valence-electron chi connectivity index (χ1n) is 5.56. The van der Waals surface area contributed by atoms with Crippen molar-refractivity contribution in [3.05, 3.63) is 42.1 Å². The molecule has 0 amide bonds. The Morgan fingerprint density at radius 2 is 1.94 bits per heavy atom. The Morgan fingerprint density at radius 3 is 2.44 bits per heavy atom. The molecule has 0 unspecified atom stereocenters. The van der Waals surface area contributed by atoms with Gasteiger partial charge in [-0.25, -0.2) is 14.2 Å². The zero-order chi connectivity index (χ0) is 13.3. The first kappa shape index (κ1) is 12.3. The number of carboxylic acids is 1. The van der Waals surface area contributed by atoms with Crippen molar-refractivity contribution in [1.82, 2.24) is 9.55 Å². The molecule has 0 aliphatic carbocycles. The molecule has 2 aromatic rings. The summed E-state index contributed by atoms with van der Waals surface area (Å²) in [7, 11) is 0. The van der Waals surface area contributed by atoms with E-state index in [0.29, 0.717) is 11.3 Å². The number of aromatic carboxylic acids is 1. The van der Waals surface area contributed by atoms with Crippen LogP contribution in [0.3, 0.4) is 0 Å². The maximum absolute atomic E-state index is 12.9. The number of carbonyl (C=O) groups is 1. The van der Waals surface area contributed by atoms with E-state index >= 15 is 0 Å². The van der Waals surface area contributed by atoms with E-state index in [4.69, 9.17) is 5.11 Å². The lowest BCUT2D eigenvalue weighted by Crippen LogP contribution is -2.05. The lowest BCUT2D eigenvalue weighted by molar-refractivity contribution is 0.0692. The largest absolute Gasteiger partial charge is 0.476 e. The first-order valence-corrected chi connectivity index (χ1v) is 5.56. The molecule has 0 aliphatic rings. The van der Waals surface area contributed by atoms with Crippen LogP contribution in [0.15, 0.2) is 30.6 Å². The van der Waals surface area contributed by atoms with Gasteiger partial charge in [0.1, 0.15) is 5.82 Å². The molecular formula is C13H13FN2O2. The van der Waals surface area contributed by atoms with Gasteiger partial charge in [-0.2, -0.15) is 0 Å². The molecule has 0 fully saturated rings. The molecule has 0 bridgehead atoms. The fraction of sp³-hybridized carbons (Fsp3) is 0.231. The summed E-state index contributed by atoms with van der Waals surface area (Å²) in [4.78, 5) is 15.1. The second kappa shape index (κ2) is 4.60. The highest BCUT2D eigenvalue weighted by molar-refractivity contribution is 5.93. The maximum Gasteiger partial charge on any atom is 0.356 e. The maximum atomic E-state index is 12.9. The Hall–Kier alpha value is -2.17. The van der Waals surface area contributed by atoms with Crippen molar-refractivity contribution in [1.29, 1.82) is 0 Å². The molecule has 94 valence electrons. The third-order valence-electron chi connectivity index (χ3n) is 2.67. The topological polar surface area (TPSA) is 55.1 Å². The van der Waals surface area contributed by atoms with Crippen molar-refractivity contribution < 1.29 is 14.3 Å². The van der Waals surface area contributed by atoms with Crippen molar-refractivity contribution in [2.45, 2.75) is 19.9 Å². The van der Waals surface area contributed by atoms with E-state index in [-0.39, 0.29) is 17.6 Å². The van der Waals surface area contributed by atoms with E-state index in [1.807, 2.05) is 13.8 Å². The molecule has 1 aromatic heterocycles. The van der Waals surface area contributed by atoms with Crippen LogP contribution in [0.1, 0.15) is 30.4 Å². The second-order valence-corrected chi connectivity index (χ2v) is 4.25. The Bertz CT molecular complexity index is 573. The van der Waals surface area contributed by atoms with Crippen molar-refractivity contribution >= 4 is 5.97 Å². The molecule has 5 heteroatoms. The molecule has 0 saturated carbocycles. The standard InChI is InChI=1S/C13H13FN2O2/c1-8(2)16-7-15-11(13(17)18)12(16)9-3-5-10(14)6-4-9/h3-8H,1-2H3,(H,17,18). The fourth-order valence-electron chi connectivity index (χ4n) is 1.80. The minimum atomic E-state index is -1.09. The molecule has 0 aliphatic heterocycles. The summed E-state index contributed by atoms with van der Waals surface area (Å²) < 4.78 is 14.7. The second-order valence-electron chi connectivity index (χ2n) is 4.25. The van der Waals surface area contributed by atoms with E-state index in [1.165, 1.54) is 18.5 Å². The van der Waals surface area contributed by atoms with Gasteiger partial charge in [-0.3, -0.25) is 0 Å². The number of imidazole rings is 1. The van der Waals surface area contributed by atoms with Crippen LogP contribution in [0.2, 0.25) is 0 Å². The summed E-state index contributed by atoms with van der Waals surface area (Å²) in [6, 6.07) is 5.79. The van der Waals surface area contributed by atoms with E-state index in [9.17, 15) is 9.18 Å². The van der Waals surface area contributed by atoms with E-state index in [1.54, 1.807) is 16.7 Å². The third-order valence-corrected chi connectivity index (χ3v) is 2.67. The van der Waals surface area contributed by atoms with Crippen LogP contribution in [0.5, 0.6) is 0 Å².